The number of benzene rings is 2. The van der Waals surface area contributed by atoms with Gasteiger partial charge in [-0.1, -0.05) is 0 Å². The maximum Gasteiger partial charge on any atom is 0.424 e. The van der Waals surface area contributed by atoms with Crippen molar-refractivity contribution in [2.45, 2.75) is 48.9 Å². The van der Waals surface area contributed by atoms with E-state index in [1.54, 1.807) is 0 Å². The summed E-state index contributed by atoms with van der Waals surface area (Å²) in [5.41, 5.74) is -1.25. The van der Waals surface area contributed by atoms with Crippen LogP contribution in [0.15, 0.2) is 67.0 Å². The van der Waals surface area contributed by atoms with E-state index >= 15 is 0 Å². The zero-order chi connectivity index (χ0) is 35.7. The molecule has 2 fully saturated rings. The molecule has 0 radical (unpaired) electrons. The number of nitrogens with one attached hydrogen (secondary N) is 1. The number of nitrogens with two attached hydrogens (primary N) is 1. The van der Waals surface area contributed by atoms with E-state index in [1.165, 1.54) is 24.3 Å². The van der Waals surface area contributed by atoms with Crippen LogP contribution < -0.4 is 20.5 Å². The van der Waals surface area contributed by atoms with Gasteiger partial charge in [0.2, 0.25) is 11.5 Å². The van der Waals surface area contributed by atoms with Crippen LogP contribution in [0.4, 0.5) is 30.7 Å². The molecule has 2 aromatic heterocycles. The Labute approximate surface area is 278 Å². The first kappa shape index (κ1) is 33.3. The van der Waals surface area contributed by atoms with Crippen LogP contribution in [0.1, 0.15) is 45.9 Å². The van der Waals surface area contributed by atoms with Crippen molar-refractivity contribution in [1.29, 1.82) is 0 Å². The summed E-state index contributed by atoms with van der Waals surface area (Å²) in [5.74, 6) is -4.05. The Morgan fingerprint density at radius 3 is 2.36 bits per heavy atom. The Hall–Kier alpha value is -5.25. The minimum Gasteiger partial charge on any atom is -0.490 e. The van der Waals surface area contributed by atoms with E-state index in [2.05, 4.69) is 9.97 Å². The molecule has 0 spiro atoms. The van der Waals surface area contributed by atoms with Crippen LogP contribution >= 0.6 is 0 Å². The number of rotatable bonds is 9. The van der Waals surface area contributed by atoms with Crippen molar-refractivity contribution in [3.8, 4) is 33.9 Å². The second-order valence-corrected chi connectivity index (χ2v) is 12.3. The van der Waals surface area contributed by atoms with Gasteiger partial charge in [-0.2, -0.15) is 26.3 Å². The molecule has 3 heterocycles. The number of pyridine rings is 2. The first-order valence-electron chi connectivity index (χ1n) is 15.2. The summed E-state index contributed by atoms with van der Waals surface area (Å²) in [7, 11) is 0. The number of alkyl halides is 6. The number of nitrogens with zero attached hydrogens (tertiary/aromatic N) is 2. The highest BCUT2D eigenvalue weighted by Crippen LogP contribution is 2.60. The predicted octanol–water partition coefficient (Wildman–Crippen LogP) is 5.65. The molecule has 0 saturated heterocycles. The van der Waals surface area contributed by atoms with Crippen molar-refractivity contribution >= 4 is 11.8 Å². The number of hydrogen-bond donors (Lipinski definition) is 3. The van der Waals surface area contributed by atoms with Crippen molar-refractivity contribution in [2.75, 3.05) is 6.54 Å². The highest BCUT2D eigenvalue weighted by molar-refractivity contribution is 5.96. The normalized spacial score (nSPS) is 20.6. The molecule has 4 N–H and O–H groups in total. The largest absolute Gasteiger partial charge is 0.490 e. The third-order valence-electron chi connectivity index (χ3n) is 8.89. The van der Waals surface area contributed by atoms with Gasteiger partial charge in [0.25, 0.3) is 5.91 Å². The summed E-state index contributed by atoms with van der Waals surface area (Å²) in [6.07, 6.45) is -8.07. The van der Waals surface area contributed by atoms with Crippen molar-refractivity contribution < 1.29 is 54.9 Å². The quantitative estimate of drug-likeness (QED) is 0.192. The van der Waals surface area contributed by atoms with Gasteiger partial charge in [-0.15, -0.1) is 0 Å². The van der Waals surface area contributed by atoms with Gasteiger partial charge in [0.05, 0.1) is 29.8 Å². The highest BCUT2D eigenvalue weighted by Gasteiger charge is 2.64. The molecule has 3 unspecified atom stereocenters. The average molecular weight is 703 g/mol. The third-order valence-corrected chi connectivity index (χ3v) is 8.89. The fourth-order valence-electron chi connectivity index (χ4n) is 6.07. The fraction of sp³-hybridized carbons (Fsp3) is 0.294. The molecule has 9 nitrogen and oxygen atoms in total. The lowest BCUT2D eigenvalue weighted by atomic mass is 9.93. The van der Waals surface area contributed by atoms with Gasteiger partial charge in [-0.05, 0) is 67.4 Å². The smallest absolute Gasteiger partial charge is 0.424 e. The third kappa shape index (κ3) is 5.86. The number of hydrogen-bond acceptors (Lipinski definition) is 7. The molecule has 7 rings (SSSR count). The molecule has 0 bridgehead atoms. The van der Waals surface area contributed by atoms with Crippen molar-refractivity contribution in [3.63, 3.8) is 0 Å². The molecule has 2 aromatic carbocycles. The lowest BCUT2D eigenvalue weighted by Crippen LogP contribution is -2.51. The van der Waals surface area contributed by atoms with Crippen molar-refractivity contribution in [3.05, 3.63) is 95.2 Å². The zero-order valence-electron chi connectivity index (χ0n) is 25.5. The van der Waals surface area contributed by atoms with E-state index < -0.39 is 76.9 Å². The number of aliphatic hydroxyl groups is 1. The van der Waals surface area contributed by atoms with Gasteiger partial charge >= 0.3 is 12.4 Å². The van der Waals surface area contributed by atoms with Crippen LogP contribution in [-0.4, -0.2) is 51.8 Å². The summed E-state index contributed by atoms with van der Waals surface area (Å²) < 4.78 is 111. The number of primary amides is 1. The molecule has 3 aliphatic rings. The Balaban J connectivity index is 1.24. The molecule has 2 aliphatic carbocycles. The molecular formula is C34H25F7N4O5. The van der Waals surface area contributed by atoms with Gasteiger partial charge < -0.3 is 25.6 Å². The monoisotopic (exact) mass is 702 g/mol. The van der Waals surface area contributed by atoms with Gasteiger partial charge in [0, 0.05) is 46.1 Å². The van der Waals surface area contributed by atoms with Crippen LogP contribution in [0.3, 0.4) is 0 Å². The maximum atomic E-state index is 14.8. The molecule has 1 aliphatic heterocycles. The Morgan fingerprint density at radius 2 is 1.72 bits per heavy atom. The minimum absolute atomic E-state index is 0.0138. The van der Waals surface area contributed by atoms with Crippen LogP contribution in [0.5, 0.6) is 11.5 Å². The molecule has 50 heavy (non-hydrogen) atoms. The van der Waals surface area contributed by atoms with Crippen LogP contribution in [0, 0.1) is 11.7 Å². The molecule has 4 atom stereocenters. The van der Waals surface area contributed by atoms with E-state index in [4.69, 9.17) is 15.2 Å². The van der Waals surface area contributed by atoms with Crippen LogP contribution in [0.25, 0.3) is 22.4 Å². The molecule has 4 aromatic rings. The van der Waals surface area contributed by atoms with Gasteiger partial charge in [-0.3, -0.25) is 14.6 Å². The van der Waals surface area contributed by atoms with Crippen molar-refractivity contribution in [2.24, 2.45) is 11.7 Å². The standard InChI is InChI=1S/C34H25F7N4O5/c35-17-4-1-15(2-5-17)27-28-20(25-26(30(42)46)29(25)50-28)12-24(45-27)32(48,34(39,40)41)14-44-31(47)16-3-8-23(49-18-6-7-18)19(11-16)21-13-43-10-9-22(21)33(36,37)38/h1-5,8-13,18,25-26,29,48H,6-7,14H2,(H2,42,46)(H,44,47)/t25-,26?,29?,32?/m1/s1. The molecule has 2 saturated carbocycles. The molecule has 2 amide bonds. The van der Waals surface area contributed by atoms with Crippen molar-refractivity contribution in [1.82, 2.24) is 15.3 Å². The number of fused-ring (bicyclic) bond motifs is 3. The first-order valence-corrected chi connectivity index (χ1v) is 15.2. The number of amides is 2. The van der Waals surface area contributed by atoms with Gasteiger partial charge in [0.1, 0.15) is 29.1 Å². The number of carbonyl (C=O) groups excluding carboxylic acids is 2. The molecule has 260 valence electrons. The SMILES string of the molecule is NC(=O)C1C2Oc3c(cc(C(O)(CNC(=O)c4ccc(OC5CC5)c(-c5cnccc5C(F)(F)F)c4)C(F)(F)F)nc3-c3ccc(F)cc3)[C@@H]21. The van der Waals surface area contributed by atoms with Gasteiger partial charge in [0.15, 0.2) is 0 Å². The molecule has 16 heteroatoms. The summed E-state index contributed by atoms with van der Waals surface area (Å²) >= 11 is 0. The number of ether oxygens (including phenoxy) is 2. The fourth-order valence-corrected chi connectivity index (χ4v) is 6.07. The Kier molecular flexibility index (Phi) is 7.77. The Morgan fingerprint density at radius 1 is 1.00 bits per heavy atom. The summed E-state index contributed by atoms with van der Waals surface area (Å²) in [6.45, 7) is -1.48. The topological polar surface area (TPSA) is 137 Å². The van der Waals surface area contributed by atoms with Crippen LogP contribution in [-0.2, 0) is 16.6 Å². The van der Waals surface area contributed by atoms with E-state index in [1.807, 2.05) is 5.32 Å². The van der Waals surface area contributed by atoms with Gasteiger partial charge in [-0.25, -0.2) is 9.37 Å². The predicted molar refractivity (Wildman–Crippen MR) is 160 cm³/mol. The number of carbonyl (C=O) groups is 2. The average Bonchev–Trinajstić information content (AvgIpc) is 3.99. The lowest BCUT2D eigenvalue weighted by molar-refractivity contribution is -0.265. The van der Waals surface area contributed by atoms with E-state index in [-0.39, 0.29) is 45.6 Å². The van der Waals surface area contributed by atoms with E-state index in [0.29, 0.717) is 12.8 Å². The highest BCUT2D eigenvalue weighted by atomic mass is 19.4. The summed E-state index contributed by atoms with van der Waals surface area (Å²) in [5, 5.41) is 13.3. The summed E-state index contributed by atoms with van der Waals surface area (Å²) in [4.78, 5) is 33.1. The first-order chi connectivity index (χ1) is 23.6. The minimum atomic E-state index is -5.45. The summed E-state index contributed by atoms with van der Waals surface area (Å²) in [6, 6.07) is 9.71. The van der Waals surface area contributed by atoms with Crippen LogP contribution in [0.2, 0.25) is 0 Å². The number of aromatic nitrogens is 2. The number of halogens is 7. The maximum absolute atomic E-state index is 14.8. The Bertz CT molecular complexity index is 2020. The molecular weight excluding hydrogens is 677 g/mol. The lowest BCUT2D eigenvalue weighted by Gasteiger charge is -2.31. The second-order valence-electron chi connectivity index (χ2n) is 12.3. The second kappa shape index (κ2) is 11.7. The van der Waals surface area contributed by atoms with E-state index in [0.717, 1.165) is 42.7 Å². The zero-order valence-corrected chi connectivity index (χ0v) is 25.5. The van der Waals surface area contributed by atoms with E-state index in [9.17, 15) is 45.4 Å².